The first-order valence-corrected chi connectivity index (χ1v) is 10.7. The van der Waals surface area contributed by atoms with Gasteiger partial charge in [0, 0.05) is 6.42 Å². The van der Waals surface area contributed by atoms with Crippen molar-refractivity contribution in [3.05, 3.63) is 0 Å². The van der Waals surface area contributed by atoms with Crippen molar-refractivity contribution in [3.63, 3.8) is 0 Å². The summed E-state index contributed by atoms with van der Waals surface area (Å²) < 4.78 is 0. The molecule has 0 saturated carbocycles. The standard InChI is InChI=1S/C13H28.C5H10O.2C2H6/c1-3-5-7-9-11-13-12-10-8-6-4-2;1-3-4-5(2)6;2*1-2/h3-13H2,1-2H3;3-4H2,1-2H3;2*1-2H3. The highest BCUT2D eigenvalue weighted by Crippen LogP contribution is 2.10. The van der Waals surface area contributed by atoms with E-state index in [4.69, 9.17) is 0 Å². The number of unbranched alkanes of at least 4 members (excludes halogenated alkanes) is 10. The monoisotopic (exact) mass is 330 g/mol. The van der Waals surface area contributed by atoms with Crippen LogP contribution in [-0.2, 0) is 4.79 Å². The van der Waals surface area contributed by atoms with Gasteiger partial charge in [0.2, 0.25) is 0 Å². The lowest BCUT2D eigenvalue weighted by Crippen LogP contribution is -1.84. The lowest BCUT2D eigenvalue weighted by atomic mass is 10.1. The Morgan fingerprint density at radius 2 is 0.783 bits per heavy atom. The van der Waals surface area contributed by atoms with E-state index in [1.165, 1.54) is 70.6 Å². The van der Waals surface area contributed by atoms with Crippen LogP contribution in [0.15, 0.2) is 0 Å². The summed E-state index contributed by atoms with van der Waals surface area (Å²) >= 11 is 0. The minimum absolute atomic E-state index is 0.289. The summed E-state index contributed by atoms with van der Waals surface area (Å²) in [6.07, 6.45) is 17.7. The lowest BCUT2D eigenvalue weighted by molar-refractivity contribution is -0.117. The van der Waals surface area contributed by atoms with Gasteiger partial charge >= 0.3 is 0 Å². The van der Waals surface area contributed by atoms with Gasteiger partial charge in [-0.3, -0.25) is 0 Å². The summed E-state index contributed by atoms with van der Waals surface area (Å²) in [5.41, 5.74) is 0. The zero-order valence-electron chi connectivity index (χ0n) is 18.1. The van der Waals surface area contributed by atoms with E-state index in [1.54, 1.807) is 6.92 Å². The molecule has 0 unspecified atom stereocenters. The molecule has 0 aliphatic carbocycles. The average Bonchev–Trinajstić information content (AvgIpc) is 2.57. The second-order valence-electron chi connectivity index (χ2n) is 5.63. The Balaban J connectivity index is -0.000000151. The number of hydrogen-bond donors (Lipinski definition) is 0. The van der Waals surface area contributed by atoms with Gasteiger partial charge in [0.05, 0.1) is 0 Å². The molecule has 0 atom stereocenters. The molecule has 0 saturated heterocycles. The fourth-order valence-corrected chi connectivity index (χ4v) is 2.09. The Bertz CT molecular complexity index is 153. The van der Waals surface area contributed by atoms with Crippen LogP contribution in [0.5, 0.6) is 0 Å². The van der Waals surface area contributed by atoms with Gasteiger partial charge < -0.3 is 4.79 Å². The van der Waals surface area contributed by atoms with Crippen molar-refractivity contribution in [3.8, 4) is 0 Å². The first-order valence-electron chi connectivity index (χ1n) is 10.7. The first kappa shape index (κ1) is 30.5. The second kappa shape index (κ2) is 37.7. The number of carbonyl (C=O) groups excluding carboxylic acids is 1. The number of rotatable bonds is 12. The SMILES string of the molecule is CC.CC.CCCC(C)=O.CCCCCCCCCCCCC. The van der Waals surface area contributed by atoms with E-state index in [0.717, 1.165) is 12.8 Å². The van der Waals surface area contributed by atoms with E-state index in [9.17, 15) is 4.79 Å². The van der Waals surface area contributed by atoms with Crippen molar-refractivity contribution >= 4 is 5.78 Å². The molecule has 0 amide bonds. The summed E-state index contributed by atoms with van der Waals surface area (Å²) in [5, 5.41) is 0. The highest BCUT2D eigenvalue weighted by atomic mass is 16.1. The van der Waals surface area contributed by atoms with Crippen LogP contribution in [-0.4, -0.2) is 5.78 Å². The maximum atomic E-state index is 10.0. The molecule has 0 aromatic rings. The van der Waals surface area contributed by atoms with E-state index in [1.807, 2.05) is 34.6 Å². The number of hydrogen-bond acceptors (Lipinski definition) is 1. The van der Waals surface area contributed by atoms with Crippen LogP contribution in [0.4, 0.5) is 0 Å². The largest absolute Gasteiger partial charge is 0.300 e. The Hall–Kier alpha value is -0.330. The molecule has 0 radical (unpaired) electrons. The Morgan fingerprint density at radius 3 is 0.913 bits per heavy atom. The van der Waals surface area contributed by atoms with E-state index in [2.05, 4.69) is 13.8 Å². The Morgan fingerprint density at radius 1 is 0.522 bits per heavy atom. The third kappa shape index (κ3) is 52.2. The highest BCUT2D eigenvalue weighted by molar-refractivity contribution is 5.75. The van der Waals surface area contributed by atoms with Gasteiger partial charge in [-0.1, -0.05) is 119 Å². The quantitative estimate of drug-likeness (QED) is 0.327. The molecule has 0 aromatic heterocycles. The fourth-order valence-electron chi connectivity index (χ4n) is 2.09. The fraction of sp³-hybridized carbons (Fsp3) is 0.955. The first-order chi connectivity index (χ1) is 11.2. The van der Waals surface area contributed by atoms with Gasteiger partial charge in [-0.2, -0.15) is 0 Å². The van der Waals surface area contributed by atoms with Crippen LogP contribution in [0, 0.1) is 0 Å². The Labute approximate surface area is 150 Å². The van der Waals surface area contributed by atoms with Crippen molar-refractivity contribution in [2.24, 2.45) is 0 Å². The summed E-state index contributed by atoms with van der Waals surface area (Å²) in [5.74, 6) is 0.289. The van der Waals surface area contributed by atoms with Crippen molar-refractivity contribution in [1.29, 1.82) is 0 Å². The molecule has 0 aromatic carbocycles. The van der Waals surface area contributed by atoms with Gasteiger partial charge in [0.25, 0.3) is 0 Å². The van der Waals surface area contributed by atoms with E-state index in [-0.39, 0.29) is 5.78 Å². The number of carbonyl (C=O) groups is 1. The van der Waals surface area contributed by atoms with Gasteiger partial charge in [0.1, 0.15) is 5.78 Å². The van der Waals surface area contributed by atoms with E-state index in [0.29, 0.717) is 0 Å². The van der Waals surface area contributed by atoms with Gasteiger partial charge in [0.15, 0.2) is 0 Å². The molecule has 144 valence electrons. The van der Waals surface area contributed by atoms with Gasteiger partial charge in [-0.15, -0.1) is 0 Å². The molecule has 1 heteroatoms. The maximum Gasteiger partial charge on any atom is 0.129 e. The summed E-state index contributed by atoms with van der Waals surface area (Å²) in [7, 11) is 0. The normalized spacial score (nSPS) is 8.70. The molecular weight excluding hydrogens is 280 g/mol. The zero-order chi connectivity index (χ0) is 18.8. The highest BCUT2D eigenvalue weighted by Gasteiger charge is 1.91. The zero-order valence-corrected chi connectivity index (χ0v) is 18.1. The summed E-state index contributed by atoms with van der Waals surface area (Å²) in [4.78, 5) is 10.0. The molecule has 0 aliphatic rings. The predicted molar refractivity (Wildman–Crippen MR) is 110 cm³/mol. The molecular formula is C22H50O. The number of ketones is 1. The summed E-state index contributed by atoms with van der Waals surface area (Å²) in [6.45, 7) is 16.2. The second-order valence-corrected chi connectivity index (χ2v) is 5.63. The van der Waals surface area contributed by atoms with Crippen LogP contribution in [0.2, 0.25) is 0 Å². The molecule has 23 heavy (non-hydrogen) atoms. The van der Waals surface area contributed by atoms with Gasteiger partial charge in [-0.25, -0.2) is 0 Å². The summed E-state index contributed by atoms with van der Waals surface area (Å²) in [6, 6.07) is 0. The van der Waals surface area contributed by atoms with Crippen molar-refractivity contribution in [1.82, 2.24) is 0 Å². The van der Waals surface area contributed by atoms with Crippen molar-refractivity contribution in [2.75, 3.05) is 0 Å². The minimum Gasteiger partial charge on any atom is -0.300 e. The maximum absolute atomic E-state index is 10.0. The lowest BCUT2D eigenvalue weighted by Gasteiger charge is -2.00. The van der Waals surface area contributed by atoms with Gasteiger partial charge in [-0.05, 0) is 13.3 Å². The molecule has 0 spiro atoms. The molecule has 0 heterocycles. The molecule has 0 fully saturated rings. The third-order valence-corrected chi connectivity index (χ3v) is 3.31. The van der Waals surface area contributed by atoms with Crippen molar-refractivity contribution in [2.45, 2.75) is 139 Å². The average molecular weight is 331 g/mol. The third-order valence-electron chi connectivity index (χ3n) is 3.31. The van der Waals surface area contributed by atoms with Crippen LogP contribution < -0.4 is 0 Å². The molecule has 0 rings (SSSR count). The predicted octanol–water partition coefficient (Wildman–Crippen LogP) is 8.75. The van der Waals surface area contributed by atoms with Crippen LogP contribution >= 0.6 is 0 Å². The van der Waals surface area contributed by atoms with Crippen LogP contribution in [0.3, 0.4) is 0 Å². The smallest absolute Gasteiger partial charge is 0.129 e. The van der Waals surface area contributed by atoms with E-state index < -0.39 is 0 Å². The molecule has 0 bridgehead atoms. The molecule has 0 N–H and O–H groups in total. The number of Topliss-reactive ketones (excluding diaryl/α,β-unsaturated/α-hetero) is 1. The minimum atomic E-state index is 0.289. The topological polar surface area (TPSA) is 17.1 Å². The van der Waals surface area contributed by atoms with Crippen molar-refractivity contribution < 1.29 is 4.79 Å². The molecule has 0 aliphatic heterocycles. The van der Waals surface area contributed by atoms with Crippen LogP contribution in [0.1, 0.15) is 139 Å². The Kier molecular flexibility index (Phi) is 50.1. The van der Waals surface area contributed by atoms with E-state index >= 15 is 0 Å². The van der Waals surface area contributed by atoms with Crippen LogP contribution in [0.25, 0.3) is 0 Å². The molecule has 1 nitrogen and oxygen atoms in total.